The van der Waals surface area contributed by atoms with Crippen molar-refractivity contribution in [2.45, 2.75) is 37.3 Å². The van der Waals surface area contributed by atoms with Crippen LogP contribution in [0.15, 0.2) is 30.3 Å². The Morgan fingerprint density at radius 2 is 1.90 bits per heavy atom. The highest BCUT2D eigenvalue weighted by Crippen LogP contribution is 2.45. The van der Waals surface area contributed by atoms with E-state index >= 15 is 0 Å². The summed E-state index contributed by atoms with van der Waals surface area (Å²) in [7, 11) is 0. The zero-order valence-electron chi connectivity index (χ0n) is 11.2. The van der Waals surface area contributed by atoms with E-state index in [1.54, 1.807) is 0 Å². The van der Waals surface area contributed by atoms with Gasteiger partial charge in [-0.15, -0.1) is 0 Å². The Balaban J connectivity index is 1.68. The number of aliphatic hydroxyl groups is 1. The fourth-order valence-corrected chi connectivity index (χ4v) is 2.97. The van der Waals surface area contributed by atoms with Gasteiger partial charge in [-0.25, -0.2) is 18.4 Å². The minimum absolute atomic E-state index is 0.137. The second-order valence-corrected chi connectivity index (χ2v) is 5.76. The van der Waals surface area contributed by atoms with Crippen LogP contribution in [0.3, 0.4) is 0 Å². The van der Waals surface area contributed by atoms with E-state index in [0.29, 0.717) is 12.8 Å². The number of nitrogens with zero attached hydrogens (tertiary/aromatic N) is 3. The van der Waals surface area contributed by atoms with E-state index in [2.05, 4.69) is 10.1 Å². The molecular weight excluding hydrogens is 276 g/mol. The van der Waals surface area contributed by atoms with Gasteiger partial charge in [0.05, 0.1) is 6.04 Å². The number of rotatable bonds is 3. The lowest BCUT2D eigenvalue weighted by Crippen LogP contribution is -2.10. The third kappa shape index (κ3) is 2.05. The maximum atomic E-state index is 14.1. The Morgan fingerprint density at radius 1 is 1.19 bits per heavy atom. The van der Waals surface area contributed by atoms with Gasteiger partial charge in [-0.1, -0.05) is 30.3 Å². The zero-order chi connectivity index (χ0) is 14.6. The Hall–Kier alpha value is -1.82. The fraction of sp³-hybridized carbons (Fsp3) is 0.467. The van der Waals surface area contributed by atoms with E-state index in [9.17, 15) is 13.9 Å². The van der Waals surface area contributed by atoms with Crippen molar-refractivity contribution in [2.24, 2.45) is 5.92 Å². The van der Waals surface area contributed by atoms with Crippen LogP contribution >= 0.6 is 0 Å². The van der Waals surface area contributed by atoms with Crippen molar-refractivity contribution in [1.29, 1.82) is 0 Å². The molecule has 2 heterocycles. The average Bonchev–Trinajstić information content (AvgIpc) is 2.95. The number of aromatic nitrogens is 3. The van der Waals surface area contributed by atoms with Gasteiger partial charge >= 0.3 is 0 Å². The van der Waals surface area contributed by atoms with Crippen LogP contribution in [-0.2, 0) is 0 Å². The van der Waals surface area contributed by atoms with Crippen LogP contribution < -0.4 is 0 Å². The second kappa shape index (κ2) is 4.59. The molecule has 0 bridgehead atoms. The molecule has 0 spiro atoms. The Morgan fingerprint density at radius 3 is 2.57 bits per heavy atom. The summed E-state index contributed by atoms with van der Waals surface area (Å²) in [5.41, 5.74) is 0.958. The average molecular weight is 291 g/mol. The smallest absolute Gasteiger partial charge is 0.179 e. The first-order valence-corrected chi connectivity index (χ1v) is 7.12. The molecule has 21 heavy (non-hydrogen) atoms. The molecule has 0 amide bonds. The third-order valence-corrected chi connectivity index (χ3v) is 4.29. The zero-order valence-corrected chi connectivity index (χ0v) is 11.2. The minimum atomic E-state index is -1.20. The van der Waals surface area contributed by atoms with Crippen molar-refractivity contribution < 1.29 is 13.9 Å². The van der Waals surface area contributed by atoms with E-state index in [0.717, 1.165) is 5.56 Å². The molecular formula is C15H15F2N3O. The normalized spacial score (nSPS) is 32.0. The van der Waals surface area contributed by atoms with E-state index < -0.39 is 24.4 Å². The summed E-state index contributed by atoms with van der Waals surface area (Å²) in [6.07, 6.45) is -2.62. The van der Waals surface area contributed by atoms with E-state index in [1.807, 2.05) is 30.3 Å². The van der Waals surface area contributed by atoms with Gasteiger partial charge in [0.1, 0.15) is 12.3 Å². The molecule has 2 aromatic rings. The Kier molecular flexibility index (Phi) is 2.82. The molecule has 0 radical (unpaired) electrons. The van der Waals surface area contributed by atoms with Crippen molar-refractivity contribution in [2.75, 3.05) is 0 Å². The Bertz CT molecular complexity index is 660. The number of benzene rings is 1. The van der Waals surface area contributed by atoms with Crippen molar-refractivity contribution >= 4 is 0 Å². The molecule has 1 aliphatic carbocycles. The quantitative estimate of drug-likeness (QED) is 0.946. The van der Waals surface area contributed by atoms with Gasteiger partial charge in [0.25, 0.3) is 0 Å². The van der Waals surface area contributed by atoms with Crippen LogP contribution in [0.4, 0.5) is 8.78 Å². The second-order valence-electron chi connectivity index (χ2n) is 5.76. The lowest BCUT2D eigenvalue weighted by atomic mass is 10.0. The predicted molar refractivity (Wildman–Crippen MR) is 71.0 cm³/mol. The van der Waals surface area contributed by atoms with Crippen molar-refractivity contribution in [3.8, 4) is 0 Å². The van der Waals surface area contributed by atoms with Crippen LogP contribution in [0, 0.1) is 5.92 Å². The number of halogens is 2. The van der Waals surface area contributed by atoms with Gasteiger partial charge < -0.3 is 5.11 Å². The largest absolute Gasteiger partial charge is 0.385 e. The topological polar surface area (TPSA) is 50.9 Å². The molecule has 0 saturated heterocycles. The summed E-state index contributed by atoms with van der Waals surface area (Å²) in [6, 6.07) is 9.31. The lowest BCUT2D eigenvalue weighted by Gasteiger charge is -2.12. The summed E-state index contributed by atoms with van der Waals surface area (Å²) < 4.78 is 28.7. The first-order valence-electron chi connectivity index (χ1n) is 7.12. The highest BCUT2D eigenvalue weighted by atomic mass is 19.1. The molecule has 0 unspecified atom stereocenters. The van der Waals surface area contributed by atoms with Crippen LogP contribution in [0.25, 0.3) is 0 Å². The van der Waals surface area contributed by atoms with Crippen LogP contribution in [-0.4, -0.2) is 26.0 Å². The standard InChI is InChI=1S/C15H15F2N3O/c16-10-6-9(10)13(21)14-18-15-11(17)7-12(20(15)19-14)8-4-2-1-3-5-8/h1-5,9-13,21H,6-7H2/t9-,10-,11-,12-,13+/m0/s1. The maximum absolute atomic E-state index is 14.1. The number of aliphatic hydroxyl groups excluding tert-OH is 1. The molecule has 110 valence electrons. The maximum Gasteiger partial charge on any atom is 0.179 e. The summed E-state index contributed by atoms with van der Waals surface area (Å²) >= 11 is 0. The summed E-state index contributed by atoms with van der Waals surface area (Å²) in [4.78, 5) is 4.10. The van der Waals surface area contributed by atoms with Crippen LogP contribution in [0.1, 0.15) is 48.4 Å². The lowest BCUT2D eigenvalue weighted by molar-refractivity contribution is 0.131. The molecule has 1 aliphatic heterocycles. The molecule has 4 nitrogen and oxygen atoms in total. The van der Waals surface area contributed by atoms with Gasteiger partial charge in [0.15, 0.2) is 17.8 Å². The van der Waals surface area contributed by atoms with Crippen molar-refractivity contribution in [1.82, 2.24) is 14.8 Å². The van der Waals surface area contributed by atoms with Crippen molar-refractivity contribution in [3.63, 3.8) is 0 Å². The molecule has 1 saturated carbocycles. The summed E-state index contributed by atoms with van der Waals surface area (Å²) in [5.74, 6) is -0.0752. The molecule has 6 heteroatoms. The first-order chi connectivity index (χ1) is 10.1. The van der Waals surface area contributed by atoms with E-state index in [4.69, 9.17) is 0 Å². The fourth-order valence-electron chi connectivity index (χ4n) is 2.97. The SMILES string of the molecule is O[C@@H](c1nc2n(n1)[C@H](c1ccccc1)C[C@@H]2F)[C@H]1C[C@@H]1F. The molecule has 1 N–H and O–H groups in total. The van der Waals surface area contributed by atoms with Gasteiger partial charge in [-0.3, -0.25) is 0 Å². The van der Waals surface area contributed by atoms with Gasteiger partial charge in [-0.05, 0) is 12.0 Å². The van der Waals surface area contributed by atoms with E-state index in [-0.39, 0.29) is 17.7 Å². The van der Waals surface area contributed by atoms with Gasteiger partial charge in [0, 0.05) is 12.3 Å². The number of fused-ring (bicyclic) bond motifs is 1. The molecule has 1 aromatic heterocycles. The van der Waals surface area contributed by atoms with Crippen LogP contribution in [0.5, 0.6) is 0 Å². The molecule has 5 atom stereocenters. The minimum Gasteiger partial charge on any atom is -0.385 e. The molecule has 4 rings (SSSR count). The highest BCUT2D eigenvalue weighted by Gasteiger charge is 2.46. The predicted octanol–water partition coefficient (Wildman–Crippen LogP) is 2.67. The highest BCUT2D eigenvalue weighted by molar-refractivity contribution is 5.24. The number of hydrogen-bond acceptors (Lipinski definition) is 3. The number of hydrogen-bond donors (Lipinski definition) is 1. The van der Waals surface area contributed by atoms with Gasteiger partial charge in [0.2, 0.25) is 0 Å². The molecule has 1 fully saturated rings. The number of alkyl halides is 2. The monoisotopic (exact) mass is 291 g/mol. The van der Waals surface area contributed by atoms with Crippen LogP contribution in [0.2, 0.25) is 0 Å². The third-order valence-electron chi connectivity index (χ3n) is 4.29. The molecule has 2 aliphatic rings. The summed E-state index contributed by atoms with van der Waals surface area (Å²) in [6.45, 7) is 0. The summed E-state index contributed by atoms with van der Waals surface area (Å²) in [5, 5.41) is 14.3. The van der Waals surface area contributed by atoms with Gasteiger partial charge in [-0.2, -0.15) is 5.10 Å². The molecule has 1 aromatic carbocycles. The first kappa shape index (κ1) is 12.9. The van der Waals surface area contributed by atoms with E-state index in [1.165, 1.54) is 4.68 Å². The Labute approximate surface area is 120 Å². The van der Waals surface area contributed by atoms with Crippen molar-refractivity contribution in [3.05, 3.63) is 47.5 Å².